The average molecular weight is 347 g/mol. The Morgan fingerprint density at radius 2 is 2.17 bits per heavy atom. The van der Waals surface area contributed by atoms with Crippen molar-refractivity contribution in [2.45, 2.75) is 25.4 Å². The van der Waals surface area contributed by atoms with Gasteiger partial charge in [0.25, 0.3) is 0 Å². The van der Waals surface area contributed by atoms with Gasteiger partial charge < -0.3 is 9.64 Å². The van der Waals surface area contributed by atoms with Gasteiger partial charge in [0.1, 0.15) is 0 Å². The molecule has 0 saturated carbocycles. The van der Waals surface area contributed by atoms with Crippen LogP contribution in [0, 0.1) is 13.8 Å². The lowest BCUT2D eigenvalue weighted by Crippen LogP contribution is -2.29. The standard InChI is InChI=1S/C18H25N3O2S/c1-14-7-5-8-16(15(14)2)21-11-9-19-18(21)24-13-17(22)20(3)10-6-12-23-4/h5,7-9,11H,6,10,12-13H2,1-4H3. The van der Waals surface area contributed by atoms with E-state index in [1.54, 1.807) is 18.2 Å². The van der Waals surface area contributed by atoms with E-state index in [1.807, 2.05) is 23.9 Å². The van der Waals surface area contributed by atoms with Gasteiger partial charge in [-0.2, -0.15) is 0 Å². The van der Waals surface area contributed by atoms with Crippen molar-refractivity contribution in [2.75, 3.05) is 33.1 Å². The first-order chi connectivity index (χ1) is 11.5. The predicted molar refractivity (Wildman–Crippen MR) is 97.9 cm³/mol. The average Bonchev–Trinajstić information content (AvgIpc) is 3.03. The van der Waals surface area contributed by atoms with Crippen LogP contribution in [0.15, 0.2) is 35.7 Å². The molecule has 1 heterocycles. The van der Waals surface area contributed by atoms with E-state index in [9.17, 15) is 4.79 Å². The fourth-order valence-corrected chi connectivity index (χ4v) is 3.29. The van der Waals surface area contributed by atoms with Gasteiger partial charge in [-0.25, -0.2) is 4.98 Å². The van der Waals surface area contributed by atoms with E-state index in [-0.39, 0.29) is 5.91 Å². The van der Waals surface area contributed by atoms with Crippen LogP contribution in [0.1, 0.15) is 17.5 Å². The van der Waals surface area contributed by atoms with E-state index < -0.39 is 0 Å². The number of hydrogen-bond acceptors (Lipinski definition) is 4. The van der Waals surface area contributed by atoms with Crippen LogP contribution >= 0.6 is 11.8 Å². The van der Waals surface area contributed by atoms with Gasteiger partial charge in [0.05, 0.1) is 11.4 Å². The summed E-state index contributed by atoms with van der Waals surface area (Å²) in [6, 6.07) is 6.22. The van der Waals surface area contributed by atoms with Crippen LogP contribution in [0.2, 0.25) is 0 Å². The number of methoxy groups -OCH3 is 1. The number of amides is 1. The number of aromatic nitrogens is 2. The van der Waals surface area contributed by atoms with Crippen LogP contribution < -0.4 is 0 Å². The summed E-state index contributed by atoms with van der Waals surface area (Å²) in [5, 5.41) is 0.836. The van der Waals surface area contributed by atoms with Crippen molar-refractivity contribution in [3.05, 3.63) is 41.7 Å². The first-order valence-electron chi connectivity index (χ1n) is 8.00. The third-order valence-electron chi connectivity index (χ3n) is 4.03. The Morgan fingerprint density at radius 3 is 2.92 bits per heavy atom. The summed E-state index contributed by atoms with van der Waals surface area (Å²) >= 11 is 1.47. The zero-order valence-electron chi connectivity index (χ0n) is 14.8. The van der Waals surface area contributed by atoms with Crippen LogP contribution in [-0.4, -0.2) is 53.4 Å². The number of ether oxygens (including phenoxy) is 1. The molecule has 6 heteroatoms. The molecule has 0 aliphatic heterocycles. The molecule has 0 fully saturated rings. The van der Waals surface area contributed by atoms with Gasteiger partial charge >= 0.3 is 0 Å². The highest BCUT2D eigenvalue weighted by Gasteiger charge is 2.13. The minimum atomic E-state index is 0.103. The third kappa shape index (κ3) is 4.61. The number of nitrogens with zero attached hydrogens (tertiary/aromatic N) is 3. The first-order valence-corrected chi connectivity index (χ1v) is 8.98. The van der Waals surface area contributed by atoms with Gasteiger partial charge in [-0.05, 0) is 37.5 Å². The number of benzene rings is 1. The SMILES string of the molecule is COCCCN(C)C(=O)CSc1nccn1-c1cccc(C)c1C. The lowest BCUT2D eigenvalue weighted by molar-refractivity contribution is -0.127. The number of thioether (sulfide) groups is 1. The molecule has 0 atom stereocenters. The first kappa shape index (κ1) is 18.5. The Bertz CT molecular complexity index is 685. The molecule has 1 amide bonds. The molecular weight excluding hydrogens is 322 g/mol. The molecule has 0 bridgehead atoms. The maximum Gasteiger partial charge on any atom is 0.232 e. The Balaban J connectivity index is 2.01. The van der Waals surface area contributed by atoms with Crippen molar-refractivity contribution >= 4 is 17.7 Å². The van der Waals surface area contributed by atoms with Crippen LogP contribution in [0.3, 0.4) is 0 Å². The molecule has 5 nitrogen and oxygen atoms in total. The van der Waals surface area contributed by atoms with Crippen molar-refractivity contribution in [1.29, 1.82) is 0 Å². The zero-order chi connectivity index (χ0) is 17.5. The molecule has 1 aromatic carbocycles. The lowest BCUT2D eigenvalue weighted by Gasteiger charge is -2.17. The van der Waals surface area contributed by atoms with Crippen molar-refractivity contribution in [3.8, 4) is 5.69 Å². The molecule has 0 spiro atoms. The maximum atomic E-state index is 12.2. The Labute approximate surface area is 148 Å². The zero-order valence-corrected chi connectivity index (χ0v) is 15.6. The fraction of sp³-hybridized carbons (Fsp3) is 0.444. The molecule has 130 valence electrons. The number of carbonyl (C=O) groups is 1. The number of hydrogen-bond donors (Lipinski definition) is 0. The quantitative estimate of drug-likeness (QED) is 0.544. The number of aryl methyl sites for hydroxylation is 1. The molecule has 0 radical (unpaired) electrons. The second kappa shape index (κ2) is 8.89. The Hall–Kier alpha value is -1.79. The van der Waals surface area contributed by atoms with E-state index >= 15 is 0 Å². The summed E-state index contributed by atoms with van der Waals surface area (Å²) in [6.07, 6.45) is 4.56. The molecule has 2 rings (SSSR count). The molecule has 24 heavy (non-hydrogen) atoms. The number of rotatable bonds is 8. The van der Waals surface area contributed by atoms with E-state index in [0.717, 1.165) is 17.3 Å². The fourth-order valence-electron chi connectivity index (χ4n) is 2.38. The summed E-state index contributed by atoms with van der Waals surface area (Å²) in [6.45, 7) is 5.58. The second-order valence-electron chi connectivity index (χ2n) is 5.75. The maximum absolute atomic E-state index is 12.2. The van der Waals surface area contributed by atoms with Gasteiger partial charge in [0.2, 0.25) is 5.91 Å². The summed E-state index contributed by atoms with van der Waals surface area (Å²) in [5.74, 6) is 0.484. The van der Waals surface area contributed by atoms with Gasteiger partial charge in [-0.3, -0.25) is 9.36 Å². The monoisotopic (exact) mass is 347 g/mol. The van der Waals surface area contributed by atoms with Crippen molar-refractivity contribution in [1.82, 2.24) is 14.5 Å². The topological polar surface area (TPSA) is 47.4 Å². The lowest BCUT2D eigenvalue weighted by atomic mass is 10.1. The Morgan fingerprint density at radius 1 is 1.38 bits per heavy atom. The number of carbonyl (C=O) groups excluding carboxylic acids is 1. The normalized spacial score (nSPS) is 10.8. The summed E-state index contributed by atoms with van der Waals surface area (Å²) in [4.78, 5) is 18.4. The molecule has 0 aliphatic rings. The van der Waals surface area contributed by atoms with E-state index in [4.69, 9.17) is 4.74 Å². The van der Waals surface area contributed by atoms with Crippen LogP contribution in [-0.2, 0) is 9.53 Å². The molecular formula is C18H25N3O2S. The molecule has 2 aromatic rings. The van der Waals surface area contributed by atoms with Crippen LogP contribution in [0.5, 0.6) is 0 Å². The summed E-state index contributed by atoms with van der Waals surface area (Å²) in [7, 11) is 3.50. The minimum absolute atomic E-state index is 0.103. The van der Waals surface area contributed by atoms with E-state index in [2.05, 4.69) is 31.0 Å². The summed E-state index contributed by atoms with van der Waals surface area (Å²) in [5.41, 5.74) is 3.57. The van der Waals surface area contributed by atoms with Crippen LogP contribution in [0.4, 0.5) is 0 Å². The minimum Gasteiger partial charge on any atom is -0.385 e. The highest BCUT2D eigenvalue weighted by molar-refractivity contribution is 7.99. The largest absolute Gasteiger partial charge is 0.385 e. The van der Waals surface area contributed by atoms with Crippen molar-refractivity contribution in [2.24, 2.45) is 0 Å². The van der Waals surface area contributed by atoms with E-state index in [1.165, 1.54) is 22.9 Å². The smallest absolute Gasteiger partial charge is 0.232 e. The van der Waals surface area contributed by atoms with Gasteiger partial charge in [0, 0.05) is 39.7 Å². The van der Waals surface area contributed by atoms with Gasteiger partial charge in [-0.15, -0.1) is 0 Å². The summed E-state index contributed by atoms with van der Waals surface area (Å²) < 4.78 is 7.07. The Kier molecular flexibility index (Phi) is 6.87. The van der Waals surface area contributed by atoms with Crippen molar-refractivity contribution < 1.29 is 9.53 Å². The molecule has 0 saturated heterocycles. The molecule has 0 unspecified atom stereocenters. The highest BCUT2D eigenvalue weighted by atomic mass is 32.2. The molecule has 1 aromatic heterocycles. The van der Waals surface area contributed by atoms with Gasteiger partial charge in [0.15, 0.2) is 5.16 Å². The van der Waals surface area contributed by atoms with E-state index in [0.29, 0.717) is 18.9 Å². The number of imidazole rings is 1. The predicted octanol–water partition coefficient (Wildman–Crippen LogP) is 3.08. The van der Waals surface area contributed by atoms with Crippen LogP contribution in [0.25, 0.3) is 5.69 Å². The van der Waals surface area contributed by atoms with Crippen molar-refractivity contribution in [3.63, 3.8) is 0 Å². The third-order valence-corrected chi connectivity index (χ3v) is 4.99. The molecule has 0 N–H and O–H groups in total. The van der Waals surface area contributed by atoms with Gasteiger partial charge in [-0.1, -0.05) is 23.9 Å². The highest BCUT2D eigenvalue weighted by Crippen LogP contribution is 2.24. The second-order valence-corrected chi connectivity index (χ2v) is 6.69. The molecule has 0 aliphatic carbocycles.